The quantitative estimate of drug-likeness (QED) is 0.395. The van der Waals surface area contributed by atoms with E-state index >= 15 is 0 Å². The lowest BCUT2D eigenvalue weighted by Crippen LogP contribution is -2.46. The second-order valence-electron chi connectivity index (χ2n) is 9.94. The van der Waals surface area contributed by atoms with Crippen molar-refractivity contribution in [3.05, 3.63) is 88.7 Å². The van der Waals surface area contributed by atoms with Gasteiger partial charge in [0.15, 0.2) is 0 Å². The topological polar surface area (TPSA) is 79.6 Å². The van der Waals surface area contributed by atoms with Gasteiger partial charge in [-0.25, -0.2) is 5.01 Å². The Kier molecular flexibility index (Phi) is 8.84. The van der Waals surface area contributed by atoms with Gasteiger partial charge in [-0.05, 0) is 42.0 Å². The summed E-state index contributed by atoms with van der Waals surface area (Å²) in [5.41, 5.74) is 3.09. The number of nitrogens with zero attached hydrogens (tertiary/aromatic N) is 5. The summed E-state index contributed by atoms with van der Waals surface area (Å²) in [4.78, 5) is 31.5. The third-order valence-electron chi connectivity index (χ3n) is 7.41. The van der Waals surface area contributed by atoms with Gasteiger partial charge in [-0.1, -0.05) is 35.9 Å². The zero-order chi connectivity index (χ0) is 28.1. The molecule has 1 aromatic heterocycles. The second kappa shape index (κ2) is 12.7. The molecule has 0 N–H and O–H groups in total. The van der Waals surface area contributed by atoms with Crippen molar-refractivity contribution in [2.75, 3.05) is 53.0 Å². The monoisotopic (exact) mass is 563 g/mol. The summed E-state index contributed by atoms with van der Waals surface area (Å²) in [7, 11) is 3.58. The highest BCUT2D eigenvalue weighted by atomic mass is 35.5. The summed E-state index contributed by atoms with van der Waals surface area (Å²) in [6, 6.07) is 18.3. The molecule has 2 amide bonds. The molecule has 1 unspecified atom stereocenters. The summed E-state index contributed by atoms with van der Waals surface area (Å²) >= 11 is 6.39. The number of hydrazone groups is 1. The molecule has 2 aliphatic heterocycles. The van der Waals surface area contributed by atoms with Gasteiger partial charge in [0.2, 0.25) is 0 Å². The van der Waals surface area contributed by atoms with Crippen LogP contribution in [0.25, 0.3) is 0 Å². The van der Waals surface area contributed by atoms with Gasteiger partial charge in [0.05, 0.1) is 48.4 Å². The number of aryl methyl sites for hydroxylation is 1. The van der Waals surface area contributed by atoms with Gasteiger partial charge < -0.3 is 18.9 Å². The standard InChI is InChI=1S/C30H34ClN5O4/c1-33-13-5-8-27(33)26-20-28(22-9-11-23(39-2)12-10-22)36(32-26)29(37)21-35(15-14-34-16-18-40-19-17-34)30(38)24-6-3-4-7-25(24)31/h3-13,28H,14-21H2,1-2H3. The Bertz CT molecular complexity index is 1370. The maximum Gasteiger partial charge on any atom is 0.262 e. The van der Waals surface area contributed by atoms with Crippen LogP contribution in [0.3, 0.4) is 0 Å². The molecule has 2 aromatic carbocycles. The minimum Gasteiger partial charge on any atom is -0.497 e. The molecular weight excluding hydrogens is 530 g/mol. The van der Waals surface area contributed by atoms with Gasteiger partial charge in [0.1, 0.15) is 12.3 Å². The molecule has 10 heteroatoms. The molecule has 0 spiro atoms. The molecular formula is C30H34ClN5O4. The molecule has 0 radical (unpaired) electrons. The summed E-state index contributed by atoms with van der Waals surface area (Å²) in [6.45, 7) is 3.79. The van der Waals surface area contributed by atoms with E-state index in [1.165, 1.54) is 5.01 Å². The van der Waals surface area contributed by atoms with E-state index < -0.39 is 0 Å². The van der Waals surface area contributed by atoms with Gasteiger partial charge >= 0.3 is 0 Å². The summed E-state index contributed by atoms with van der Waals surface area (Å²) in [6.07, 6.45) is 2.52. The third kappa shape index (κ3) is 6.22. The molecule has 40 heavy (non-hydrogen) atoms. The van der Waals surface area contributed by atoms with E-state index in [-0.39, 0.29) is 24.4 Å². The number of hydrogen-bond donors (Lipinski definition) is 0. The third-order valence-corrected chi connectivity index (χ3v) is 7.74. The number of halogens is 1. The fraction of sp³-hybridized carbons (Fsp3) is 0.367. The average Bonchev–Trinajstić information content (AvgIpc) is 3.62. The summed E-state index contributed by atoms with van der Waals surface area (Å²) < 4.78 is 12.8. The number of carbonyl (C=O) groups is 2. The largest absolute Gasteiger partial charge is 0.497 e. The van der Waals surface area contributed by atoms with Crippen molar-refractivity contribution in [1.29, 1.82) is 0 Å². The van der Waals surface area contributed by atoms with Crippen LogP contribution in [0.4, 0.5) is 0 Å². The molecule has 1 fully saturated rings. The van der Waals surface area contributed by atoms with Crippen LogP contribution < -0.4 is 4.74 Å². The average molecular weight is 564 g/mol. The van der Waals surface area contributed by atoms with Crippen LogP contribution in [0.1, 0.15) is 34.1 Å². The van der Waals surface area contributed by atoms with Gasteiger partial charge in [0.25, 0.3) is 11.8 Å². The number of aromatic nitrogens is 1. The number of ether oxygens (including phenoxy) is 2. The van der Waals surface area contributed by atoms with E-state index in [1.807, 2.05) is 54.2 Å². The van der Waals surface area contributed by atoms with E-state index in [1.54, 1.807) is 36.3 Å². The first kappa shape index (κ1) is 27.9. The number of amides is 2. The van der Waals surface area contributed by atoms with Crippen molar-refractivity contribution in [2.45, 2.75) is 12.5 Å². The summed E-state index contributed by atoms with van der Waals surface area (Å²) in [5, 5.41) is 6.69. The first-order valence-electron chi connectivity index (χ1n) is 13.4. The highest BCUT2D eigenvalue weighted by Gasteiger charge is 2.35. The van der Waals surface area contributed by atoms with Crippen LogP contribution in [-0.4, -0.2) is 89.9 Å². The first-order valence-corrected chi connectivity index (χ1v) is 13.8. The van der Waals surface area contributed by atoms with Gasteiger partial charge in [-0.2, -0.15) is 5.10 Å². The van der Waals surface area contributed by atoms with E-state index in [0.717, 1.165) is 35.8 Å². The molecule has 0 aliphatic carbocycles. The van der Waals surface area contributed by atoms with E-state index in [2.05, 4.69) is 4.90 Å². The smallest absolute Gasteiger partial charge is 0.262 e. The zero-order valence-electron chi connectivity index (χ0n) is 22.8. The highest BCUT2D eigenvalue weighted by molar-refractivity contribution is 6.33. The Labute approximate surface area is 239 Å². The Morgan fingerprint density at radius 3 is 2.50 bits per heavy atom. The van der Waals surface area contributed by atoms with Crippen LogP contribution in [0.5, 0.6) is 5.75 Å². The minimum atomic E-state index is -0.306. The van der Waals surface area contributed by atoms with Crippen LogP contribution in [0.2, 0.25) is 5.02 Å². The molecule has 5 rings (SSSR count). The lowest BCUT2D eigenvalue weighted by Gasteiger charge is -2.31. The van der Waals surface area contributed by atoms with Crippen LogP contribution in [-0.2, 0) is 16.6 Å². The van der Waals surface area contributed by atoms with Crippen LogP contribution >= 0.6 is 11.6 Å². The Hall–Kier alpha value is -3.66. The van der Waals surface area contributed by atoms with Crippen molar-refractivity contribution in [3.63, 3.8) is 0 Å². The number of rotatable bonds is 9. The lowest BCUT2D eigenvalue weighted by atomic mass is 10.0. The maximum atomic E-state index is 14.0. The minimum absolute atomic E-state index is 0.120. The van der Waals surface area contributed by atoms with E-state index in [9.17, 15) is 9.59 Å². The fourth-order valence-corrected chi connectivity index (χ4v) is 5.34. The summed E-state index contributed by atoms with van der Waals surface area (Å²) in [5.74, 6) is 0.203. The first-order chi connectivity index (χ1) is 19.4. The Morgan fingerprint density at radius 2 is 1.82 bits per heavy atom. The van der Waals surface area contributed by atoms with Gasteiger partial charge in [0, 0.05) is 45.8 Å². The predicted octanol–water partition coefficient (Wildman–Crippen LogP) is 3.84. The number of carbonyl (C=O) groups excluding carboxylic acids is 2. The SMILES string of the molecule is COc1ccc(C2CC(c3cccn3C)=NN2C(=O)CN(CCN2CCOCC2)C(=O)c2ccccc2Cl)cc1. The highest BCUT2D eigenvalue weighted by Crippen LogP contribution is 2.34. The Balaban J connectivity index is 1.42. The van der Waals surface area contributed by atoms with Gasteiger partial charge in [-0.15, -0.1) is 0 Å². The molecule has 1 saturated heterocycles. The van der Waals surface area contributed by atoms with Crippen molar-refractivity contribution in [2.24, 2.45) is 12.1 Å². The fourth-order valence-electron chi connectivity index (χ4n) is 5.12. The number of benzene rings is 2. The van der Waals surface area contributed by atoms with E-state index in [4.69, 9.17) is 26.2 Å². The van der Waals surface area contributed by atoms with Crippen LogP contribution in [0, 0.1) is 0 Å². The van der Waals surface area contributed by atoms with E-state index in [0.29, 0.717) is 43.3 Å². The molecule has 0 saturated carbocycles. The normalized spacial score (nSPS) is 17.5. The molecule has 0 bridgehead atoms. The molecule has 3 aromatic rings. The van der Waals surface area contributed by atoms with Crippen molar-refractivity contribution >= 4 is 29.1 Å². The molecule has 9 nitrogen and oxygen atoms in total. The van der Waals surface area contributed by atoms with Crippen molar-refractivity contribution in [1.82, 2.24) is 19.4 Å². The van der Waals surface area contributed by atoms with Crippen molar-refractivity contribution < 1.29 is 19.1 Å². The molecule has 3 heterocycles. The molecule has 210 valence electrons. The Morgan fingerprint density at radius 1 is 1.07 bits per heavy atom. The number of methoxy groups -OCH3 is 1. The zero-order valence-corrected chi connectivity index (χ0v) is 23.6. The van der Waals surface area contributed by atoms with Crippen molar-refractivity contribution in [3.8, 4) is 5.75 Å². The number of morpholine rings is 1. The second-order valence-corrected chi connectivity index (χ2v) is 10.4. The maximum absolute atomic E-state index is 14.0. The molecule has 1 atom stereocenters. The number of hydrogen-bond acceptors (Lipinski definition) is 6. The lowest BCUT2D eigenvalue weighted by molar-refractivity contribution is -0.133. The molecule has 2 aliphatic rings. The van der Waals surface area contributed by atoms with Crippen LogP contribution in [0.15, 0.2) is 72.0 Å². The van der Waals surface area contributed by atoms with Gasteiger partial charge in [-0.3, -0.25) is 14.5 Å². The predicted molar refractivity (Wildman–Crippen MR) is 154 cm³/mol.